The number of carbonyl (C=O) groups excluding carboxylic acids is 2. The second-order valence-corrected chi connectivity index (χ2v) is 9.53. The predicted molar refractivity (Wildman–Crippen MR) is 128 cm³/mol. The number of alkyl halides is 3. The number of ether oxygens (including phenoxy) is 1. The predicted octanol–water partition coefficient (Wildman–Crippen LogP) is 5.02. The van der Waals surface area contributed by atoms with Gasteiger partial charge in [0, 0.05) is 5.69 Å². The zero-order valence-corrected chi connectivity index (χ0v) is 20.2. The monoisotopic (exact) mass is 520 g/mol. The van der Waals surface area contributed by atoms with Crippen LogP contribution < -0.4 is 9.62 Å². The Morgan fingerprint density at radius 1 is 0.972 bits per heavy atom. The molecule has 3 aromatic rings. The van der Waals surface area contributed by atoms with Gasteiger partial charge in [-0.1, -0.05) is 30.3 Å². The van der Waals surface area contributed by atoms with Gasteiger partial charge >= 0.3 is 12.1 Å². The molecule has 0 saturated heterocycles. The molecule has 0 fully saturated rings. The highest BCUT2D eigenvalue weighted by Gasteiger charge is 2.33. The molecule has 0 heterocycles. The van der Waals surface area contributed by atoms with Gasteiger partial charge in [-0.2, -0.15) is 13.2 Å². The molecule has 0 aliphatic heterocycles. The van der Waals surface area contributed by atoms with Crippen molar-refractivity contribution < 1.29 is 35.9 Å². The Morgan fingerprint density at radius 2 is 1.67 bits per heavy atom. The fourth-order valence-electron chi connectivity index (χ4n) is 3.29. The lowest BCUT2D eigenvalue weighted by Gasteiger charge is -2.25. The molecule has 0 aliphatic rings. The molecular formula is C25H23F3N2O5S. The van der Waals surface area contributed by atoms with E-state index in [0.717, 1.165) is 12.1 Å². The molecule has 0 unspecified atom stereocenters. The molecule has 0 spiro atoms. The summed E-state index contributed by atoms with van der Waals surface area (Å²) in [6.45, 7) is 2.64. The summed E-state index contributed by atoms with van der Waals surface area (Å²) in [6.07, 6.45) is -4.72. The molecule has 0 bridgehead atoms. The number of sulfonamides is 1. The second kappa shape index (κ2) is 10.8. The van der Waals surface area contributed by atoms with E-state index < -0.39 is 40.2 Å². The van der Waals surface area contributed by atoms with E-state index in [1.807, 2.05) is 0 Å². The molecule has 36 heavy (non-hydrogen) atoms. The van der Waals surface area contributed by atoms with E-state index in [0.29, 0.717) is 15.9 Å². The normalized spacial score (nSPS) is 11.6. The Bertz CT molecular complexity index is 1360. The molecule has 0 atom stereocenters. The molecule has 11 heteroatoms. The highest BCUT2D eigenvalue weighted by atomic mass is 32.2. The molecule has 1 N–H and O–H groups in total. The molecule has 1 amide bonds. The lowest BCUT2D eigenvalue weighted by atomic mass is 10.1. The van der Waals surface area contributed by atoms with E-state index in [2.05, 4.69) is 5.32 Å². The van der Waals surface area contributed by atoms with Crippen molar-refractivity contribution in [1.82, 2.24) is 0 Å². The lowest BCUT2D eigenvalue weighted by Crippen LogP contribution is -2.38. The minimum absolute atomic E-state index is 0.150. The minimum Gasteiger partial charge on any atom is -0.462 e. The maximum absolute atomic E-state index is 13.4. The first-order valence-corrected chi connectivity index (χ1v) is 12.2. The van der Waals surface area contributed by atoms with Gasteiger partial charge in [0.1, 0.15) is 6.54 Å². The fraction of sp³-hybridized carbons (Fsp3) is 0.200. The number of hydrogen-bond donors (Lipinski definition) is 1. The van der Waals surface area contributed by atoms with Crippen molar-refractivity contribution in [3.8, 4) is 0 Å². The summed E-state index contributed by atoms with van der Waals surface area (Å²) in [6, 6.07) is 15.2. The van der Waals surface area contributed by atoms with Crippen molar-refractivity contribution in [2.24, 2.45) is 0 Å². The molecule has 0 radical (unpaired) electrons. The van der Waals surface area contributed by atoms with Gasteiger partial charge in [0.05, 0.1) is 28.3 Å². The van der Waals surface area contributed by atoms with Crippen molar-refractivity contribution in [3.63, 3.8) is 0 Å². The maximum Gasteiger partial charge on any atom is 0.416 e. The highest BCUT2D eigenvalue weighted by molar-refractivity contribution is 7.92. The number of amides is 1. The third kappa shape index (κ3) is 6.22. The zero-order valence-electron chi connectivity index (χ0n) is 19.4. The Balaban J connectivity index is 1.98. The van der Waals surface area contributed by atoms with Crippen LogP contribution >= 0.6 is 0 Å². The summed E-state index contributed by atoms with van der Waals surface area (Å²) in [4.78, 5) is 24.8. The van der Waals surface area contributed by atoms with E-state index in [-0.39, 0.29) is 28.4 Å². The van der Waals surface area contributed by atoms with Crippen LogP contribution in [0, 0.1) is 6.92 Å². The molecule has 190 valence electrons. The van der Waals surface area contributed by atoms with Crippen molar-refractivity contribution in [2.75, 3.05) is 22.8 Å². The van der Waals surface area contributed by atoms with Crippen molar-refractivity contribution >= 4 is 33.3 Å². The largest absolute Gasteiger partial charge is 0.462 e. The number of aryl methyl sites for hydroxylation is 1. The van der Waals surface area contributed by atoms with Gasteiger partial charge in [-0.15, -0.1) is 0 Å². The molecule has 3 rings (SSSR count). The third-order valence-electron chi connectivity index (χ3n) is 5.10. The molecule has 0 aliphatic carbocycles. The number of benzene rings is 3. The van der Waals surface area contributed by atoms with E-state index in [9.17, 15) is 31.2 Å². The van der Waals surface area contributed by atoms with Crippen LogP contribution in [0.15, 0.2) is 77.7 Å². The van der Waals surface area contributed by atoms with Gasteiger partial charge in [0.2, 0.25) is 5.91 Å². The molecule has 7 nitrogen and oxygen atoms in total. The van der Waals surface area contributed by atoms with E-state index in [1.165, 1.54) is 42.5 Å². The van der Waals surface area contributed by atoms with E-state index >= 15 is 0 Å². The highest BCUT2D eigenvalue weighted by Crippen LogP contribution is 2.33. The second-order valence-electron chi connectivity index (χ2n) is 7.67. The van der Waals surface area contributed by atoms with E-state index in [1.54, 1.807) is 26.0 Å². The molecule has 0 aromatic heterocycles. The average Bonchev–Trinajstić information content (AvgIpc) is 2.84. The number of nitrogens with zero attached hydrogens (tertiary/aromatic N) is 1. The van der Waals surface area contributed by atoms with Crippen LogP contribution in [0.25, 0.3) is 0 Å². The van der Waals surface area contributed by atoms with E-state index in [4.69, 9.17) is 4.74 Å². The van der Waals surface area contributed by atoms with Crippen molar-refractivity contribution in [1.29, 1.82) is 0 Å². The number of carbonyl (C=O) groups is 2. The van der Waals surface area contributed by atoms with Gasteiger partial charge in [0.15, 0.2) is 0 Å². The van der Waals surface area contributed by atoms with Crippen molar-refractivity contribution in [2.45, 2.75) is 24.9 Å². The summed E-state index contributed by atoms with van der Waals surface area (Å²) in [5, 5.41) is 2.54. The number of nitrogens with one attached hydrogen (secondary N) is 1. The lowest BCUT2D eigenvalue weighted by molar-refractivity contribution is -0.137. The standard InChI is InChI=1S/C25H23F3N2O5S/c1-3-35-24(32)18-13-12-17(2)22(14-18)29-23(31)16-30(36(33,34)21-10-5-4-6-11-21)20-9-7-8-19(15-20)25(26,27)28/h4-15H,3,16H2,1-2H3,(H,29,31). The SMILES string of the molecule is CCOC(=O)c1ccc(C)c(NC(=O)CN(c2cccc(C(F)(F)F)c2)S(=O)(=O)c2ccccc2)c1. The Labute approximate surface area is 206 Å². The fourth-order valence-corrected chi connectivity index (χ4v) is 4.72. The van der Waals surface area contributed by atoms with Gasteiger partial charge in [-0.05, 0) is 61.9 Å². The van der Waals surface area contributed by atoms with Gasteiger partial charge < -0.3 is 10.1 Å². The molecule has 0 saturated carbocycles. The zero-order chi connectivity index (χ0) is 26.5. The van der Waals surface area contributed by atoms with Crippen LogP contribution in [0.1, 0.15) is 28.4 Å². The van der Waals surface area contributed by atoms with Crippen LogP contribution in [0.5, 0.6) is 0 Å². The van der Waals surface area contributed by atoms with Crippen LogP contribution in [-0.4, -0.2) is 33.4 Å². The third-order valence-corrected chi connectivity index (χ3v) is 6.89. The topological polar surface area (TPSA) is 92.8 Å². The summed E-state index contributed by atoms with van der Waals surface area (Å²) < 4.78 is 72.2. The summed E-state index contributed by atoms with van der Waals surface area (Å²) in [7, 11) is -4.41. The van der Waals surface area contributed by atoms with Gasteiger partial charge in [-0.25, -0.2) is 13.2 Å². The smallest absolute Gasteiger partial charge is 0.416 e. The first-order valence-electron chi connectivity index (χ1n) is 10.8. The maximum atomic E-state index is 13.4. The first-order chi connectivity index (χ1) is 16.9. The Hall–Kier alpha value is -3.86. The van der Waals surface area contributed by atoms with Crippen LogP contribution in [0.4, 0.5) is 24.5 Å². The van der Waals surface area contributed by atoms with Gasteiger partial charge in [-0.3, -0.25) is 9.10 Å². The van der Waals surface area contributed by atoms with Crippen molar-refractivity contribution in [3.05, 3.63) is 89.5 Å². The summed E-state index contributed by atoms with van der Waals surface area (Å²) in [5.41, 5.74) is -0.420. The average molecular weight is 521 g/mol. The molecule has 3 aromatic carbocycles. The summed E-state index contributed by atoms with van der Waals surface area (Å²) in [5.74, 6) is -1.43. The van der Waals surface area contributed by atoms with Gasteiger partial charge in [0.25, 0.3) is 10.0 Å². The number of hydrogen-bond acceptors (Lipinski definition) is 5. The number of anilines is 2. The Morgan fingerprint density at radius 3 is 2.31 bits per heavy atom. The minimum atomic E-state index is -4.72. The number of halogens is 3. The number of esters is 1. The van der Waals surface area contributed by atoms with Crippen LogP contribution in [-0.2, 0) is 25.7 Å². The quantitative estimate of drug-likeness (QED) is 0.421. The summed E-state index contributed by atoms with van der Waals surface area (Å²) >= 11 is 0. The van der Waals surface area contributed by atoms with Crippen LogP contribution in [0.2, 0.25) is 0 Å². The Kier molecular flexibility index (Phi) is 8.03. The molecular weight excluding hydrogens is 497 g/mol. The number of rotatable bonds is 8. The first kappa shape index (κ1) is 26.7. The van der Waals surface area contributed by atoms with Crippen LogP contribution in [0.3, 0.4) is 0 Å².